The first-order valence-corrected chi connectivity index (χ1v) is 9.77. The van der Waals surface area contributed by atoms with Gasteiger partial charge >= 0.3 is 5.97 Å². The Kier molecular flexibility index (Phi) is 6.76. The second-order valence-corrected chi connectivity index (χ2v) is 6.77. The van der Waals surface area contributed by atoms with Crippen molar-refractivity contribution in [1.29, 1.82) is 5.26 Å². The predicted octanol–water partition coefficient (Wildman–Crippen LogP) is 3.95. The number of carbonyl (C=O) groups is 1. The van der Waals surface area contributed by atoms with Crippen molar-refractivity contribution in [1.82, 2.24) is 0 Å². The normalized spacial score (nSPS) is 16.0. The quantitative estimate of drug-likeness (QED) is 0.702. The molecule has 2 aromatic rings. The molecule has 2 N–H and O–H groups in total. The monoisotopic (exact) mass is 404 g/mol. The van der Waals surface area contributed by atoms with E-state index in [-0.39, 0.29) is 23.6 Å². The molecule has 0 saturated carbocycles. The summed E-state index contributed by atoms with van der Waals surface area (Å²) in [5.74, 6) is -0.253. The molecule has 0 aromatic heterocycles. The fourth-order valence-corrected chi connectivity index (χ4v) is 3.40. The van der Waals surface area contributed by atoms with Crippen LogP contribution in [0.4, 0.5) is 0 Å². The fraction of sp³-hybridized carbons (Fsp3) is 0.250. The van der Waals surface area contributed by atoms with E-state index < -0.39 is 11.9 Å². The molecule has 0 saturated heterocycles. The molecule has 0 radical (unpaired) electrons. The lowest BCUT2D eigenvalue weighted by molar-refractivity contribution is -0.139. The summed E-state index contributed by atoms with van der Waals surface area (Å²) in [5, 5.41) is 9.67. The topological polar surface area (TPSA) is 94.6 Å². The summed E-state index contributed by atoms with van der Waals surface area (Å²) in [5.41, 5.74) is 8.27. The lowest BCUT2D eigenvalue weighted by Crippen LogP contribution is -2.25. The summed E-state index contributed by atoms with van der Waals surface area (Å²) in [6, 6.07) is 19.5. The summed E-state index contributed by atoms with van der Waals surface area (Å²) in [7, 11) is 0. The van der Waals surface area contributed by atoms with Crippen LogP contribution in [-0.4, -0.2) is 19.2 Å². The highest BCUT2D eigenvalue weighted by Gasteiger charge is 2.36. The van der Waals surface area contributed by atoms with Gasteiger partial charge in [-0.1, -0.05) is 42.5 Å². The average molecular weight is 404 g/mol. The number of nitrogens with zero attached hydrogens (tertiary/aromatic N) is 1. The van der Waals surface area contributed by atoms with Crippen LogP contribution in [0.3, 0.4) is 0 Å². The van der Waals surface area contributed by atoms with E-state index in [1.165, 1.54) is 5.56 Å². The van der Waals surface area contributed by atoms with Crippen molar-refractivity contribution in [3.8, 4) is 11.8 Å². The summed E-state index contributed by atoms with van der Waals surface area (Å²) in [6.07, 6.45) is 0.770. The lowest BCUT2D eigenvalue weighted by atomic mass is 9.83. The third kappa shape index (κ3) is 4.64. The zero-order valence-electron chi connectivity index (χ0n) is 17.1. The lowest BCUT2D eigenvalue weighted by Gasteiger charge is -2.27. The molecule has 1 atom stereocenters. The molecular formula is C24H24N2O4. The van der Waals surface area contributed by atoms with Crippen molar-refractivity contribution in [2.75, 3.05) is 13.2 Å². The molecule has 2 aromatic carbocycles. The number of benzene rings is 2. The van der Waals surface area contributed by atoms with Crippen LogP contribution in [-0.2, 0) is 20.7 Å². The van der Waals surface area contributed by atoms with Gasteiger partial charge in [0.2, 0.25) is 5.88 Å². The van der Waals surface area contributed by atoms with E-state index in [4.69, 9.17) is 19.9 Å². The van der Waals surface area contributed by atoms with E-state index in [9.17, 15) is 10.1 Å². The van der Waals surface area contributed by atoms with E-state index >= 15 is 0 Å². The Bertz CT molecular complexity index is 1020. The molecule has 3 rings (SSSR count). The first-order valence-electron chi connectivity index (χ1n) is 9.77. The van der Waals surface area contributed by atoms with E-state index in [2.05, 4.69) is 6.07 Å². The van der Waals surface area contributed by atoms with Crippen LogP contribution in [0.25, 0.3) is 0 Å². The summed E-state index contributed by atoms with van der Waals surface area (Å²) >= 11 is 0. The molecule has 1 heterocycles. The van der Waals surface area contributed by atoms with Crippen LogP contribution >= 0.6 is 0 Å². The molecule has 1 aliphatic rings. The third-order valence-corrected chi connectivity index (χ3v) is 4.79. The first kappa shape index (κ1) is 21.0. The Balaban J connectivity index is 1.87. The van der Waals surface area contributed by atoms with Gasteiger partial charge in [-0.3, -0.25) is 0 Å². The highest BCUT2D eigenvalue weighted by atomic mass is 16.5. The maximum Gasteiger partial charge on any atom is 0.338 e. The van der Waals surface area contributed by atoms with Gasteiger partial charge in [0.15, 0.2) is 0 Å². The standard InChI is InChI=1S/C24H24N2O4/c1-3-28-24(27)21-16(2)30-23(26)20(15-25)22(21)18-10-7-11-19(14-18)29-13-12-17-8-5-4-6-9-17/h4-11,14,22H,3,12-13,26H2,1-2H3. The van der Waals surface area contributed by atoms with E-state index in [0.29, 0.717) is 23.7 Å². The van der Waals surface area contributed by atoms with Gasteiger partial charge in [-0.05, 0) is 37.1 Å². The summed E-state index contributed by atoms with van der Waals surface area (Å²) in [6.45, 7) is 4.08. The van der Waals surface area contributed by atoms with Crippen LogP contribution in [0, 0.1) is 11.3 Å². The molecule has 0 fully saturated rings. The summed E-state index contributed by atoms with van der Waals surface area (Å²) in [4.78, 5) is 12.6. The van der Waals surface area contributed by atoms with E-state index in [0.717, 1.165) is 6.42 Å². The van der Waals surface area contributed by atoms with Gasteiger partial charge in [-0.15, -0.1) is 0 Å². The molecule has 1 unspecified atom stereocenters. The number of nitriles is 1. The Labute approximate surface area is 176 Å². The molecular weight excluding hydrogens is 380 g/mol. The Morgan fingerprint density at radius 1 is 1.20 bits per heavy atom. The van der Waals surface area contributed by atoms with Crippen LogP contribution in [0.15, 0.2) is 77.4 Å². The second-order valence-electron chi connectivity index (χ2n) is 6.77. The molecule has 154 valence electrons. The van der Waals surface area contributed by atoms with Crippen molar-refractivity contribution in [2.45, 2.75) is 26.2 Å². The molecule has 1 aliphatic heterocycles. The second kappa shape index (κ2) is 9.66. The van der Waals surface area contributed by atoms with Crippen molar-refractivity contribution >= 4 is 5.97 Å². The number of carbonyl (C=O) groups excluding carboxylic acids is 1. The molecule has 0 spiro atoms. The number of allylic oxidation sites excluding steroid dienone is 2. The van der Waals surface area contributed by atoms with Crippen LogP contribution in [0.5, 0.6) is 5.75 Å². The van der Waals surface area contributed by atoms with Gasteiger partial charge in [0, 0.05) is 6.42 Å². The largest absolute Gasteiger partial charge is 0.493 e. The van der Waals surface area contributed by atoms with Gasteiger partial charge in [-0.2, -0.15) is 5.26 Å². The van der Waals surface area contributed by atoms with Gasteiger partial charge in [0.05, 0.1) is 24.7 Å². The number of rotatable bonds is 7. The predicted molar refractivity (Wildman–Crippen MR) is 112 cm³/mol. The fourth-order valence-electron chi connectivity index (χ4n) is 3.40. The van der Waals surface area contributed by atoms with Crippen molar-refractivity contribution in [3.63, 3.8) is 0 Å². The van der Waals surface area contributed by atoms with Crippen molar-refractivity contribution < 1.29 is 19.0 Å². The SMILES string of the molecule is CCOC(=O)C1=C(C)OC(N)=C(C#N)C1c1cccc(OCCc2ccccc2)c1. The van der Waals surface area contributed by atoms with Crippen LogP contribution < -0.4 is 10.5 Å². The molecule has 6 heteroatoms. The molecule has 30 heavy (non-hydrogen) atoms. The zero-order valence-corrected chi connectivity index (χ0v) is 17.1. The smallest absolute Gasteiger partial charge is 0.338 e. The minimum atomic E-state index is -0.680. The Morgan fingerprint density at radius 2 is 1.97 bits per heavy atom. The Morgan fingerprint density at radius 3 is 2.67 bits per heavy atom. The van der Waals surface area contributed by atoms with Crippen LogP contribution in [0.2, 0.25) is 0 Å². The highest BCUT2D eigenvalue weighted by molar-refractivity contribution is 5.92. The maximum atomic E-state index is 12.6. The highest BCUT2D eigenvalue weighted by Crippen LogP contribution is 2.40. The van der Waals surface area contributed by atoms with Crippen molar-refractivity contribution in [2.24, 2.45) is 5.73 Å². The number of hydrogen-bond acceptors (Lipinski definition) is 6. The number of nitrogens with two attached hydrogens (primary N) is 1. The minimum Gasteiger partial charge on any atom is -0.493 e. The zero-order chi connectivity index (χ0) is 21.5. The minimum absolute atomic E-state index is 0.0107. The maximum absolute atomic E-state index is 12.6. The molecule has 0 bridgehead atoms. The third-order valence-electron chi connectivity index (χ3n) is 4.79. The van der Waals surface area contributed by atoms with Gasteiger partial charge in [0.1, 0.15) is 23.2 Å². The number of ether oxygens (including phenoxy) is 3. The number of hydrogen-bond donors (Lipinski definition) is 1. The molecule has 6 nitrogen and oxygen atoms in total. The Hall–Kier alpha value is -3.72. The van der Waals surface area contributed by atoms with Gasteiger partial charge in [-0.25, -0.2) is 4.79 Å². The average Bonchev–Trinajstić information content (AvgIpc) is 2.74. The van der Waals surface area contributed by atoms with Gasteiger partial charge in [0.25, 0.3) is 0 Å². The number of esters is 1. The molecule has 0 amide bonds. The first-order chi connectivity index (χ1) is 14.5. The van der Waals surface area contributed by atoms with Gasteiger partial charge < -0.3 is 19.9 Å². The van der Waals surface area contributed by atoms with Crippen molar-refractivity contribution in [3.05, 3.63) is 88.5 Å². The van der Waals surface area contributed by atoms with E-state index in [1.807, 2.05) is 54.6 Å². The van der Waals surface area contributed by atoms with Crippen LogP contribution in [0.1, 0.15) is 30.9 Å². The summed E-state index contributed by atoms with van der Waals surface area (Å²) < 4.78 is 16.6. The molecule has 0 aliphatic carbocycles. The van der Waals surface area contributed by atoms with E-state index in [1.54, 1.807) is 13.8 Å².